The topological polar surface area (TPSA) is 81.5 Å². The predicted molar refractivity (Wildman–Crippen MR) is 116 cm³/mol. The molecule has 3 aromatic carbocycles. The SMILES string of the molecule is Cc1ccc([N+](=O)[O-])cc1C(=O)NC(c1cccc2ccccc12)C1CCOCC1. The van der Waals surface area contributed by atoms with Gasteiger partial charge in [-0.3, -0.25) is 14.9 Å². The van der Waals surface area contributed by atoms with Crippen LogP contribution in [-0.2, 0) is 4.74 Å². The Morgan fingerprint density at radius 2 is 1.83 bits per heavy atom. The van der Waals surface area contributed by atoms with Gasteiger partial charge in [0, 0.05) is 30.9 Å². The summed E-state index contributed by atoms with van der Waals surface area (Å²) < 4.78 is 5.54. The summed E-state index contributed by atoms with van der Waals surface area (Å²) in [6.07, 6.45) is 1.70. The minimum atomic E-state index is -0.475. The Balaban J connectivity index is 1.73. The molecule has 1 amide bonds. The van der Waals surface area contributed by atoms with Gasteiger partial charge in [0.15, 0.2) is 0 Å². The van der Waals surface area contributed by atoms with Gasteiger partial charge in [-0.25, -0.2) is 0 Å². The van der Waals surface area contributed by atoms with Gasteiger partial charge in [0.05, 0.1) is 11.0 Å². The standard InChI is InChI=1S/C24H24N2O4/c1-16-9-10-19(26(28)29)15-22(16)24(27)25-23(18-11-13-30-14-12-18)21-8-4-6-17-5-2-3-7-20(17)21/h2-10,15,18,23H,11-14H2,1H3,(H,25,27). The number of ether oxygens (including phenoxy) is 1. The Bertz CT molecular complexity index is 1080. The molecule has 1 fully saturated rings. The third-order valence-electron chi connectivity index (χ3n) is 5.86. The number of rotatable bonds is 5. The molecule has 1 heterocycles. The van der Waals surface area contributed by atoms with E-state index >= 15 is 0 Å². The van der Waals surface area contributed by atoms with Crippen LogP contribution in [0.1, 0.15) is 40.4 Å². The van der Waals surface area contributed by atoms with Gasteiger partial charge in [-0.15, -0.1) is 0 Å². The minimum Gasteiger partial charge on any atom is -0.381 e. The Kier molecular flexibility index (Phi) is 5.77. The summed E-state index contributed by atoms with van der Waals surface area (Å²) in [5.74, 6) is -0.0619. The van der Waals surface area contributed by atoms with Crippen molar-refractivity contribution < 1.29 is 14.5 Å². The molecule has 0 radical (unpaired) electrons. The molecule has 1 aliphatic rings. The number of non-ortho nitro benzene ring substituents is 1. The third kappa shape index (κ3) is 4.04. The maximum atomic E-state index is 13.2. The zero-order valence-corrected chi connectivity index (χ0v) is 16.8. The molecule has 0 saturated carbocycles. The molecule has 1 unspecified atom stereocenters. The molecule has 1 aliphatic heterocycles. The number of carbonyl (C=O) groups excluding carboxylic acids is 1. The van der Waals surface area contributed by atoms with Crippen molar-refractivity contribution in [1.82, 2.24) is 5.32 Å². The second kappa shape index (κ2) is 8.63. The van der Waals surface area contributed by atoms with Gasteiger partial charge < -0.3 is 10.1 Å². The van der Waals surface area contributed by atoms with Crippen molar-refractivity contribution in [2.45, 2.75) is 25.8 Å². The molecule has 0 aliphatic carbocycles. The third-order valence-corrected chi connectivity index (χ3v) is 5.86. The number of aryl methyl sites for hydroxylation is 1. The number of nitrogens with zero attached hydrogens (tertiary/aromatic N) is 1. The highest BCUT2D eigenvalue weighted by Gasteiger charge is 2.29. The molecular weight excluding hydrogens is 380 g/mol. The summed E-state index contributed by atoms with van der Waals surface area (Å²) in [6.45, 7) is 3.12. The number of hydrogen-bond donors (Lipinski definition) is 1. The van der Waals surface area contributed by atoms with E-state index in [-0.39, 0.29) is 23.6 Å². The number of carbonyl (C=O) groups is 1. The van der Waals surface area contributed by atoms with E-state index < -0.39 is 4.92 Å². The monoisotopic (exact) mass is 404 g/mol. The summed E-state index contributed by atoms with van der Waals surface area (Å²) in [5, 5.41) is 16.6. The van der Waals surface area contributed by atoms with Crippen molar-refractivity contribution in [3.8, 4) is 0 Å². The highest BCUT2D eigenvalue weighted by molar-refractivity contribution is 5.97. The number of nitro benzene ring substituents is 1. The number of nitro groups is 1. The molecular formula is C24H24N2O4. The Morgan fingerprint density at radius 1 is 1.10 bits per heavy atom. The van der Waals surface area contributed by atoms with Gasteiger partial charge in [-0.05, 0) is 47.6 Å². The maximum Gasteiger partial charge on any atom is 0.270 e. The normalized spacial score (nSPS) is 15.6. The molecule has 154 valence electrons. The van der Waals surface area contributed by atoms with Crippen LogP contribution in [0, 0.1) is 23.0 Å². The van der Waals surface area contributed by atoms with Crippen LogP contribution in [0.25, 0.3) is 10.8 Å². The lowest BCUT2D eigenvalue weighted by Gasteiger charge is -2.32. The number of benzene rings is 3. The lowest BCUT2D eigenvalue weighted by atomic mass is 9.84. The second-order valence-electron chi connectivity index (χ2n) is 7.73. The van der Waals surface area contributed by atoms with Gasteiger partial charge in [0.25, 0.3) is 11.6 Å². The summed E-state index contributed by atoms with van der Waals surface area (Å²) in [4.78, 5) is 23.9. The molecule has 6 heteroatoms. The Morgan fingerprint density at radius 3 is 2.60 bits per heavy atom. The smallest absolute Gasteiger partial charge is 0.270 e. The molecule has 1 atom stereocenters. The van der Waals surface area contributed by atoms with E-state index in [1.807, 2.05) is 18.2 Å². The van der Waals surface area contributed by atoms with Gasteiger partial charge in [0.2, 0.25) is 0 Å². The molecule has 1 saturated heterocycles. The van der Waals surface area contributed by atoms with E-state index in [4.69, 9.17) is 4.74 Å². The fourth-order valence-electron chi connectivity index (χ4n) is 4.21. The average molecular weight is 404 g/mol. The van der Waals surface area contributed by atoms with Gasteiger partial charge in [0.1, 0.15) is 0 Å². The van der Waals surface area contributed by atoms with E-state index in [0.29, 0.717) is 24.3 Å². The van der Waals surface area contributed by atoms with E-state index in [9.17, 15) is 14.9 Å². The largest absolute Gasteiger partial charge is 0.381 e. The first-order valence-electron chi connectivity index (χ1n) is 10.2. The number of amides is 1. The van der Waals surface area contributed by atoms with Crippen molar-refractivity contribution in [3.63, 3.8) is 0 Å². The molecule has 0 spiro atoms. The average Bonchev–Trinajstić information content (AvgIpc) is 2.77. The van der Waals surface area contributed by atoms with Gasteiger partial charge in [-0.2, -0.15) is 0 Å². The zero-order valence-electron chi connectivity index (χ0n) is 16.8. The zero-order chi connectivity index (χ0) is 21.1. The van der Waals surface area contributed by atoms with Gasteiger partial charge >= 0.3 is 0 Å². The quantitative estimate of drug-likeness (QED) is 0.482. The molecule has 6 nitrogen and oxygen atoms in total. The van der Waals surface area contributed by atoms with E-state index in [0.717, 1.165) is 29.2 Å². The lowest BCUT2D eigenvalue weighted by molar-refractivity contribution is -0.384. The molecule has 1 N–H and O–H groups in total. The van der Waals surface area contributed by atoms with Crippen LogP contribution in [-0.4, -0.2) is 24.0 Å². The van der Waals surface area contributed by atoms with Gasteiger partial charge in [-0.1, -0.05) is 48.5 Å². The van der Waals surface area contributed by atoms with Crippen molar-refractivity contribution in [3.05, 3.63) is 87.5 Å². The molecule has 0 bridgehead atoms. The first-order valence-corrected chi connectivity index (χ1v) is 10.2. The number of fused-ring (bicyclic) bond motifs is 1. The van der Waals surface area contributed by atoms with Crippen LogP contribution in [0.4, 0.5) is 5.69 Å². The molecule has 4 rings (SSSR count). The van der Waals surface area contributed by atoms with Crippen LogP contribution < -0.4 is 5.32 Å². The Hall–Kier alpha value is -3.25. The lowest BCUT2D eigenvalue weighted by Crippen LogP contribution is -2.36. The summed E-state index contributed by atoms with van der Waals surface area (Å²) in [6, 6.07) is 18.5. The molecule has 0 aromatic heterocycles. The van der Waals surface area contributed by atoms with Crippen LogP contribution in [0.5, 0.6) is 0 Å². The van der Waals surface area contributed by atoms with E-state index in [2.05, 4.69) is 29.6 Å². The van der Waals surface area contributed by atoms with Crippen LogP contribution >= 0.6 is 0 Å². The molecule has 3 aromatic rings. The van der Waals surface area contributed by atoms with Crippen molar-refractivity contribution >= 4 is 22.4 Å². The highest BCUT2D eigenvalue weighted by Crippen LogP contribution is 2.34. The van der Waals surface area contributed by atoms with Crippen LogP contribution in [0.2, 0.25) is 0 Å². The Labute approximate surface area is 175 Å². The highest BCUT2D eigenvalue weighted by atomic mass is 16.6. The summed E-state index contributed by atoms with van der Waals surface area (Å²) >= 11 is 0. The van der Waals surface area contributed by atoms with Crippen molar-refractivity contribution in [2.24, 2.45) is 5.92 Å². The minimum absolute atomic E-state index is 0.0847. The maximum absolute atomic E-state index is 13.2. The fourth-order valence-corrected chi connectivity index (χ4v) is 4.21. The molecule has 30 heavy (non-hydrogen) atoms. The van der Waals surface area contributed by atoms with Crippen molar-refractivity contribution in [2.75, 3.05) is 13.2 Å². The van der Waals surface area contributed by atoms with Crippen LogP contribution in [0.15, 0.2) is 60.7 Å². The first kappa shape index (κ1) is 20.0. The predicted octanol–water partition coefficient (Wildman–Crippen LogP) is 4.95. The van der Waals surface area contributed by atoms with Crippen LogP contribution in [0.3, 0.4) is 0 Å². The van der Waals surface area contributed by atoms with E-state index in [1.54, 1.807) is 13.0 Å². The second-order valence-corrected chi connectivity index (χ2v) is 7.73. The fraction of sp³-hybridized carbons (Fsp3) is 0.292. The first-order chi connectivity index (χ1) is 14.5. The van der Waals surface area contributed by atoms with E-state index in [1.165, 1.54) is 12.1 Å². The van der Waals surface area contributed by atoms with Crippen molar-refractivity contribution in [1.29, 1.82) is 0 Å². The summed E-state index contributed by atoms with van der Waals surface area (Å²) in [7, 11) is 0. The number of nitrogens with one attached hydrogen (secondary N) is 1. The number of hydrogen-bond acceptors (Lipinski definition) is 4. The summed E-state index contributed by atoms with van der Waals surface area (Å²) in [5.41, 5.74) is 2.03.